The number of benzene rings is 2. The van der Waals surface area contributed by atoms with Gasteiger partial charge in [-0.1, -0.05) is 6.92 Å². The minimum absolute atomic E-state index is 0.0650. The van der Waals surface area contributed by atoms with Crippen molar-refractivity contribution in [1.29, 1.82) is 0 Å². The Labute approximate surface area is 131 Å². The van der Waals surface area contributed by atoms with E-state index in [2.05, 4.69) is 0 Å². The summed E-state index contributed by atoms with van der Waals surface area (Å²) in [5.74, 6) is 1.13. The Balaban J connectivity index is 2.17. The predicted octanol–water partition coefficient (Wildman–Crippen LogP) is 5.10. The number of ether oxygens (including phenoxy) is 2. The fraction of sp³-hybridized carbons (Fsp3) is 0.235. The van der Waals surface area contributed by atoms with E-state index in [1.807, 2.05) is 6.92 Å². The van der Waals surface area contributed by atoms with Crippen LogP contribution >= 0.6 is 0 Å². The summed E-state index contributed by atoms with van der Waals surface area (Å²) in [5.41, 5.74) is -1.05. The molecule has 3 nitrogen and oxygen atoms in total. The molecule has 0 heterocycles. The zero-order valence-corrected chi connectivity index (χ0v) is 12.4. The number of hydrogen-bond donors (Lipinski definition) is 0. The Kier molecular flexibility index (Phi) is 5.26. The van der Waals surface area contributed by atoms with Gasteiger partial charge in [0.1, 0.15) is 17.2 Å². The highest BCUT2D eigenvalue weighted by Crippen LogP contribution is 2.33. The number of carbonyl (C=O) groups excluding carboxylic acids is 1. The molecule has 2 rings (SSSR count). The number of carbonyl (C=O) groups is 1. The Morgan fingerprint density at radius 2 is 1.70 bits per heavy atom. The number of alkyl halides is 3. The summed E-state index contributed by atoms with van der Waals surface area (Å²) < 4.78 is 48.8. The Bertz CT molecular complexity index is 664. The first-order chi connectivity index (χ1) is 10.9. The molecule has 0 amide bonds. The molecule has 2 aromatic rings. The average Bonchev–Trinajstić information content (AvgIpc) is 2.53. The lowest BCUT2D eigenvalue weighted by molar-refractivity contribution is -0.137. The maximum atomic E-state index is 12.6. The normalized spacial score (nSPS) is 11.1. The molecule has 0 spiro atoms. The van der Waals surface area contributed by atoms with Crippen LogP contribution in [0.25, 0.3) is 0 Å². The molecule has 0 saturated carbocycles. The van der Waals surface area contributed by atoms with Crippen molar-refractivity contribution in [3.8, 4) is 17.2 Å². The summed E-state index contributed by atoms with van der Waals surface area (Å²) in [5, 5.41) is 0. The minimum Gasteiger partial charge on any atom is -0.494 e. The van der Waals surface area contributed by atoms with E-state index in [1.165, 1.54) is 0 Å². The van der Waals surface area contributed by atoms with E-state index in [4.69, 9.17) is 9.47 Å². The first kappa shape index (κ1) is 16.9. The van der Waals surface area contributed by atoms with E-state index in [9.17, 15) is 18.0 Å². The number of aldehydes is 1. The van der Waals surface area contributed by atoms with Crippen molar-refractivity contribution in [3.05, 3.63) is 53.6 Å². The van der Waals surface area contributed by atoms with Gasteiger partial charge in [0.15, 0.2) is 6.29 Å². The molecule has 2 aromatic carbocycles. The van der Waals surface area contributed by atoms with Crippen molar-refractivity contribution in [2.45, 2.75) is 19.5 Å². The molecule has 122 valence electrons. The smallest absolute Gasteiger partial charge is 0.416 e. The summed E-state index contributed by atoms with van der Waals surface area (Å²) >= 11 is 0. The van der Waals surface area contributed by atoms with Crippen molar-refractivity contribution in [2.24, 2.45) is 0 Å². The monoisotopic (exact) mass is 324 g/mol. The number of halogens is 3. The van der Waals surface area contributed by atoms with Gasteiger partial charge in [-0.3, -0.25) is 4.79 Å². The molecule has 0 radical (unpaired) electrons. The Morgan fingerprint density at radius 3 is 2.26 bits per heavy atom. The summed E-state index contributed by atoms with van der Waals surface area (Å²) in [6.45, 7) is 2.58. The van der Waals surface area contributed by atoms with Gasteiger partial charge in [-0.25, -0.2) is 0 Å². The molecule has 0 aliphatic rings. The zero-order valence-electron chi connectivity index (χ0n) is 12.4. The van der Waals surface area contributed by atoms with Gasteiger partial charge in [0.05, 0.1) is 17.7 Å². The van der Waals surface area contributed by atoms with E-state index in [0.717, 1.165) is 24.6 Å². The van der Waals surface area contributed by atoms with Crippen LogP contribution in [0, 0.1) is 0 Å². The van der Waals surface area contributed by atoms with Crippen molar-refractivity contribution in [2.75, 3.05) is 6.61 Å². The molecule has 0 aliphatic carbocycles. The lowest BCUT2D eigenvalue weighted by atomic mass is 10.1. The molecule has 0 unspecified atom stereocenters. The summed E-state index contributed by atoms with van der Waals surface area (Å²) in [7, 11) is 0. The number of hydrogen-bond acceptors (Lipinski definition) is 3. The third-order valence-electron chi connectivity index (χ3n) is 2.99. The van der Waals surface area contributed by atoms with Crippen LogP contribution < -0.4 is 9.47 Å². The average molecular weight is 324 g/mol. The third-order valence-corrected chi connectivity index (χ3v) is 2.99. The van der Waals surface area contributed by atoms with Gasteiger partial charge in [0.2, 0.25) is 0 Å². The highest BCUT2D eigenvalue weighted by Gasteiger charge is 2.31. The van der Waals surface area contributed by atoms with Crippen LogP contribution in [0.15, 0.2) is 42.5 Å². The zero-order chi connectivity index (χ0) is 16.9. The van der Waals surface area contributed by atoms with Crippen LogP contribution in [-0.4, -0.2) is 12.9 Å². The fourth-order valence-corrected chi connectivity index (χ4v) is 1.86. The van der Waals surface area contributed by atoms with E-state index in [0.29, 0.717) is 24.4 Å². The van der Waals surface area contributed by atoms with Crippen LogP contribution in [0.1, 0.15) is 29.3 Å². The van der Waals surface area contributed by atoms with Crippen molar-refractivity contribution in [1.82, 2.24) is 0 Å². The second kappa shape index (κ2) is 7.17. The first-order valence-electron chi connectivity index (χ1n) is 7.01. The van der Waals surface area contributed by atoms with Gasteiger partial charge in [-0.15, -0.1) is 0 Å². The highest BCUT2D eigenvalue weighted by atomic mass is 19.4. The summed E-state index contributed by atoms with van der Waals surface area (Å²) in [6, 6.07) is 9.40. The highest BCUT2D eigenvalue weighted by molar-refractivity contribution is 5.80. The molecule has 0 bridgehead atoms. The molecule has 23 heavy (non-hydrogen) atoms. The quantitative estimate of drug-likeness (QED) is 0.694. The van der Waals surface area contributed by atoms with Gasteiger partial charge in [-0.05, 0) is 48.9 Å². The molecule has 6 heteroatoms. The van der Waals surface area contributed by atoms with Crippen LogP contribution in [0.4, 0.5) is 13.2 Å². The van der Waals surface area contributed by atoms with Crippen LogP contribution in [0.3, 0.4) is 0 Å². The molecule has 0 atom stereocenters. The van der Waals surface area contributed by atoms with Crippen LogP contribution in [-0.2, 0) is 6.18 Å². The summed E-state index contributed by atoms with van der Waals surface area (Å²) in [4.78, 5) is 11.0. The lowest BCUT2D eigenvalue weighted by Crippen LogP contribution is -2.05. The minimum atomic E-state index is -4.51. The second-order valence-electron chi connectivity index (χ2n) is 4.79. The molecule has 0 saturated heterocycles. The van der Waals surface area contributed by atoms with Gasteiger partial charge < -0.3 is 9.47 Å². The second-order valence-corrected chi connectivity index (χ2v) is 4.79. The van der Waals surface area contributed by atoms with Gasteiger partial charge in [-0.2, -0.15) is 13.2 Å². The van der Waals surface area contributed by atoms with Crippen molar-refractivity contribution < 1.29 is 27.4 Å². The predicted molar refractivity (Wildman–Crippen MR) is 79.1 cm³/mol. The maximum absolute atomic E-state index is 12.6. The van der Waals surface area contributed by atoms with Crippen LogP contribution in [0.5, 0.6) is 17.2 Å². The van der Waals surface area contributed by atoms with Gasteiger partial charge >= 0.3 is 6.18 Å². The molecular weight excluding hydrogens is 309 g/mol. The van der Waals surface area contributed by atoms with Crippen molar-refractivity contribution in [3.63, 3.8) is 0 Å². The number of rotatable bonds is 6. The molecule has 0 aromatic heterocycles. The lowest BCUT2D eigenvalue weighted by Gasteiger charge is -2.12. The standard InChI is InChI=1S/C17H15F3O3/c1-2-9-22-14-4-6-15(7-5-14)23-16-8-3-13(17(18,19)20)10-12(16)11-21/h3-8,10-11H,2,9H2,1H3. The molecular formula is C17H15F3O3. The fourth-order valence-electron chi connectivity index (χ4n) is 1.86. The SMILES string of the molecule is CCCOc1ccc(Oc2ccc(C(F)(F)F)cc2C=O)cc1. The topological polar surface area (TPSA) is 35.5 Å². The van der Waals surface area contributed by atoms with Gasteiger partial charge in [0, 0.05) is 0 Å². The van der Waals surface area contributed by atoms with Gasteiger partial charge in [0.25, 0.3) is 0 Å². The first-order valence-corrected chi connectivity index (χ1v) is 7.01. The summed E-state index contributed by atoms with van der Waals surface area (Å²) in [6.07, 6.45) is -3.29. The maximum Gasteiger partial charge on any atom is 0.416 e. The van der Waals surface area contributed by atoms with Crippen molar-refractivity contribution >= 4 is 6.29 Å². The largest absolute Gasteiger partial charge is 0.494 e. The Morgan fingerprint density at radius 1 is 1.04 bits per heavy atom. The van der Waals surface area contributed by atoms with E-state index >= 15 is 0 Å². The molecule has 0 N–H and O–H groups in total. The van der Waals surface area contributed by atoms with Crippen LogP contribution in [0.2, 0.25) is 0 Å². The molecule has 0 fully saturated rings. The van der Waals surface area contributed by atoms with E-state index < -0.39 is 11.7 Å². The third kappa shape index (κ3) is 4.48. The van der Waals surface area contributed by atoms with E-state index in [-0.39, 0.29) is 11.3 Å². The molecule has 0 aliphatic heterocycles. The Hall–Kier alpha value is -2.50. The van der Waals surface area contributed by atoms with E-state index in [1.54, 1.807) is 24.3 Å².